The van der Waals surface area contributed by atoms with E-state index in [1.807, 2.05) is 6.08 Å². The van der Waals surface area contributed by atoms with Crippen molar-refractivity contribution in [3.63, 3.8) is 0 Å². The highest BCUT2D eigenvalue weighted by Gasteiger charge is 2.04. The molecule has 0 aliphatic carbocycles. The van der Waals surface area contributed by atoms with E-state index in [2.05, 4.69) is 20.4 Å². The third kappa shape index (κ3) is 9.62. The van der Waals surface area contributed by atoms with Gasteiger partial charge in [0, 0.05) is 6.04 Å². The molecular weight excluding hydrogens is 158 g/mol. The molecule has 0 heterocycles. The summed E-state index contributed by atoms with van der Waals surface area (Å²) in [6.07, 6.45) is 9.67. The zero-order chi connectivity index (χ0) is 10.1. The van der Waals surface area contributed by atoms with E-state index >= 15 is 0 Å². The molecule has 0 fully saturated rings. The second-order valence-corrected chi connectivity index (χ2v) is 4.24. The molecule has 0 aromatic rings. The smallest absolute Gasteiger partial charge is 0.00130 e. The van der Waals surface area contributed by atoms with Crippen molar-refractivity contribution in [1.82, 2.24) is 0 Å². The molecule has 1 heteroatoms. The number of allylic oxidation sites excluding steroid dienone is 1. The van der Waals surface area contributed by atoms with Gasteiger partial charge in [0.15, 0.2) is 0 Å². The van der Waals surface area contributed by atoms with Gasteiger partial charge in [-0.2, -0.15) is 0 Å². The minimum absolute atomic E-state index is 0.364. The topological polar surface area (TPSA) is 26.0 Å². The molecule has 2 atom stereocenters. The fraction of sp³-hybridized carbons (Fsp3) is 0.833. The lowest BCUT2D eigenvalue weighted by Crippen LogP contribution is -2.18. The normalized spacial score (nSPS) is 15.3. The fourth-order valence-corrected chi connectivity index (χ4v) is 1.71. The van der Waals surface area contributed by atoms with Gasteiger partial charge in [-0.15, -0.1) is 6.58 Å². The zero-order valence-electron chi connectivity index (χ0n) is 9.26. The Morgan fingerprint density at radius 3 is 2.46 bits per heavy atom. The molecule has 0 amide bonds. The van der Waals surface area contributed by atoms with Crippen LogP contribution in [0.25, 0.3) is 0 Å². The van der Waals surface area contributed by atoms with E-state index in [9.17, 15) is 0 Å². The summed E-state index contributed by atoms with van der Waals surface area (Å²) in [4.78, 5) is 0. The minimum Gasteiger partial charge on any atom is -0.328 e. The van der Waals surface area contributed by atoms with Crippen molar-refractivity contribution in [3.8, 4) is 0 Å². The van der Waals surface area contributed by atoms with Gasteiger partial charge in [0.1, 0.15) is 0 Å². The van der Waals surface area contributed by atoms with Crippen LogP contribution in [-0.4, -0.2) is 6.04 Å². The van der Waals surface area contributed by atoms with Gasteiger partial charge in [0.2, 0.25) is 0 Å². The monoisotopic (exact) mass is 183 g/mol. The molecule has 0 aliphatic rings. The summed E-state index contributed by atoms with van der Waals surface area (Å²) in [6.45, 7) is 8.11. The van der Waals surface area contributed by atoms with Gasteiger partial charge >= 0.3 is 0 Å². The molecule has 0 rings (SSSR count). The molecule has 2 N–H and O–H groups in total. The van der Waals surface area contributed by atoms with Gasteiger partial charge < -0.3 is 5.73 Å². The van der Waals surface area contributed by atoms with E-state index in [-0.39, 0.29) is 0 Å². The zero-order valence-corrected chi connectivity index (χ0v) is 9.26. The lowest BCUT2D eigenvalue weighted by Gasteiger charge is -2.13. The van der Waals surface area contributed by atoms with Gasteiger partial charge in [-0.05, 0) is 32.1 Å². The van der Waals surface area contributed by atoms with Crippen LogP contribution in [-0.2, 0) is 0 Å². The maximum Gasteiger partial charge on any atom is 0.00130 e. The van der Waals surface area contributed by atoms with Gasteiger partial charge in [-0.1, -0.05) is 32.3 Å². The Hall–Kier alpha value is -0.300. The van der Waals surface area contributed by atoms with Gasteiger partial charge in [0.05, 0.1) is 0 Å². The van der Waals surface area contributed by atoms with E-state index in [1.54, 1.807) is 0 Å². The Bertz CT molecular complexity index is 118. The van der Waals surface area contributed by atoms with Crippen molar-refractivity contribution in [2.24, 2.45) is 11.7 Å². The van der Waals surface area contributed by atoms with Crippen molar-refractivity contribution in [2.45, 2.75) is 58.4 Å². The van der Waals surface area contributed by atoms with E-state index in [1.165, 1.54) is 38.5 Å². The van der Waals surface area contributed by atoms with Crippen molar-refractivity contribution < 1.29 is 0 Å². The highest BCUT2D eigenvalue weighted by Crippen LogP contribution is 2.14. The molecule has 0 spiro atoms. The largest absolute Gasteiger partial charge is 0.328 e. The number of rotatable bonds is 8. The third-order valence-electron chi connectivity index (χ3n) is 2.38. The van der Waals surface area contributed by atoms with Crippen molar-refractivity contribution >= 4 is 0 Å². The van der Waals surface area contributed by atoms with Crippen LogP contribution >= 0.6 is 0 Å². The van der Waals surface area contributed by atoms with Gasteiger partial charge in [-0.25, -0.2) is 0 Å². The Morgan fingerprint density at radius 1 is 1.23 bits per heavy atom. The molecule has 0 saturated carbocycles. The van der Waals surface area contributed by atoms with Crippen molar-refractivity contribution in [2.75, 3.05) is 0 Å². The van der Waals surface area contributed by atoms with Crippen LogP contribution in [0.1, 0.15) is 52.4 Å². The number of unbranched alkanes of at least 4 members (excludes halogenated alkanes) is 3. The average Bonchev–Trinajstić information content (AvgIpc) is 2.02. The number of nitrogens with two attached hydrogens (primary N) is 1. The Morgan fingerprint density at radius 2 is 1.92 bits per heavy atom. The Kier molecular flexibility index (Phi) is 8.11. The van der Waals surface area contributed by atoms with E-state index in [4.69, 9.17) is 5.73 Å². The highest BCUT2D eigenvalue weighted by molar-refractivity contribution is 4.66. The first-order valence-electron chi connectivity index (χ1n) is 5.53. The molecule has 1 nitrogen and oxygen atoms in total. The van der Waals surface area contributed by atoms with Gasteiger partial charge in [0.25, 0.3) is 0 Å². The highest BCUT2D eigenvalue weighted by atomic mass is 14.6. The van der Waals surface area contributed by atoms with E-state index < -0.39 is 0 Å². The maximum absolute atomic E-state index is 5.73. The SMILES string of the molecule is C=CCCCCCC(C)CC(C)N. The van der Waals surface area contributed by atoms with Crippen LogP contribution in [0.4, 0.5) is 0 Å². The van der Waals surface area contributed by atoms with Crippen molar-refractivity contribution in [1.29, 1.82) is 0 Å². The molecular formula is C12H25N. The van der Waals surface area contributed by atoms with E-state index in [0.29, 0.717) is 6.04 Å². The summed E-state index contributed by atoms with van der Waals surface area (Å²) < 4.78 is 0. The first-order chi connectivity index (χ1) is 6.16. The average molecular weight is 183 g/mol. The lowest BCUT2D eigenvalue weighted by atomic mass is 9.96. The van der Waals surface area contributed by atoms with Crippen LogP contribution in [0, 0.1) is 5.92 Å². The maximum atomic E-state index is 5.73. The van der Waals surface area contributed by atoms with Crippen LogP contribution in [0.3, 0.4) is 0 Å². The molecule has 0 aromatic heterocycles. The molecule has 0 aliphatic heterocycles. The first kappa shape index (κ1) is 12.7. The predicted molar refractivity (Wildman–Crippen MR) is 60.7 cm³/mol. The van der Waals surface area contributed by atoms with Crippen LogP contribution in [0.5, 0.6) is 0 Å². The van der Waals surface area contributed by atoms with Crippen LogP contribution < -0.4 is 5.73 Å². The summed E-state index contributed by atoms with van der Waals surface area (Å²) in [5.41, 5.74) is 5.73. The lowest BCUT2D eigenvalue weighted by molar-refractivity contribution is 0.430. The fourth-order valence-electron chi connectivity index (χ4n) is 1.71. The Labute approximate surface area is 83.4 Å². The van der Waals surface area contributed by atoms with E-state index in [0.717, 1.165) is 5.92 Å². The summed E-state index contributed by atoms with van der Waals surface area (Å²) >= 11 is 0. The standard InChI is InChI=1S/C12H25N/c1-4-5-6-7-8-9-11(2)10-12(3)13/h4,11-12H,1,5-10,13H2,2-3H3. The second kappa shape index (κ2) is 8.31. The summed E-state index contributed by atoms with van der Waals surface area (Å²) in [5.74, 6) is 0.795. The summed E-state index contributed by atoms with van der Waals surface area (Å²) in [5, 5.41) is 0. The Balaban J connectivity index is 3.16. The number of hydrogen-bond acceptors (Lipinski definition) is 1. The molecule has 13 heavy (non-hydrogen) atoms. The molecule has 0 saturated heterocycles. The summed E-state index contributed by atoms with van der Waals surface area (Å²) in [6, 6.07) is 0.364. The quantitative estimate of drug-likeness (QED) is 0.452. The molecule has 0 radical (unpaired) electrons. The van der Waals surface area contributed by atoms with Crippen LogP contribution in [0.15, 0.2) is 12.7 Å². The summed E-state index contributed by atoms with van der Waals surface area (Å²) in [7, 11) is 0. The minimum atomic E-state index is 0.364. The number of hydrogen-bond donors (Lipinski definition) is 1. The van der Waals surface area contributed by atoms with Crippen LogP contribution in [0.2, 0.25) is 0 Å². The predicted octanol–water partition coefficient (Wildman–Crippen LogP) is 3.50. The first-order valence-corrected chi connectivity index (χ1v) is 5.53. The second-order valence-electron chi connectivity index (χ2n) is 4.24. The van der Waals surface area contributed by atoms with Crippen molar-refractivity contribution in [3.05, 3.63) is 12.7 Å². The molecule has 2 unspecified atom stereocenters. The molecule has 78 valence electrons. The van der Waals surface area contributed by atoms with Gasteiger partial charge in [-0.3, -0.25) is 0 Å². The third-order valence-corrected chi connectivity index (χ3v) is 2.38. The molecule has 0 aromatic carbocycles. The molecule has 0 bridgehead atoms.